The Hall–Kier alpha value is -3.43. The zero-order valence-corrected chi connectivity index (χ0v) is 17.4. The van der Waals surface area contributed by atoms with Gasteiger partial charge < -0.3 is 19.7 Å². The number of hydrogen-bond donors (Lipinski definition) is 1. The highest BCUT2D eigenvalue weighted by molar-refractivity contribution is 6.36. The second-order valence-electron chi connectivity index (χ2n) is 6.86. The molecule has 1 N–H and O–H groups in total. The number of halogens is 1. The maximum Gasteiger partial charge on any atom is 0.345 e. The van der Waals surface area contributed by atoms with Crippen molar-refractivity contribution in [1.82, 2.24) is 4.98 Å². The van der Waals surface area contributed by atoms with E-state index in [0.29, 0.717) is 53.6 Å². The first-order chi connectivity index (χ1) is 15.0. The van der Waals surface area contributed by atoms with Gasteiger partial charge in [0.05, 0.1) is 41.5 Å². The van der Waals surface area contributed by atoms with E-state index in [4.69, 9.17) is 21.1 Å². The number of benzene rings is 2. The zero-order valence-electron chi connectivity index (χ0n) is 16.6. The molecule has 1 aromatic heterocycles. The quantitative estimate of drug-likeness (QED) is 0.356. The van der Waals surface area contributed by atoms with Gasteiger partial charge in [0.15, 0.2) is 0 Å². The lowest BCUT2D eigenvalue weighted by molar-refractivity contribution is -0.384. The highest BCUT2D eigenvalue weighted by Crippen LogP contribution is 2.39. The smallest absolute Gasteiger partial charge is 0.345 e. The summed E-state index contributed by atoms with van der Waals surface area (Å²) in [5, 5.41) is 16.1. The highest BCUT2D eigenvalue weighted by Gasteiger charge is 2.29. The molecule has 0 amide bonds. The van der Waals surface area contributed by atoms with Crippen LogP contribution in [0.5, 0.6) is 0 Å². The number of hydrogen-bond acceptors (Lipinski definition) is 8. The van der Waals surface area contributed by atoms with Crippen LogP contribution in [-0.2, 0) is 9.47 Å². The first-order valence-corrected chi connectivity index (χ1v) is 9.91. The molecule has 3 aromatic rings. The predicted molar refractivity (Wildman–Crippen MR) is 118 cm³/mol. The molecule has 31 heavy (non-hydrogen) atoms. The Morgan fingerprint density at radius 3 is 2.74 bits per heavy atom. The molecule has 160 valence electrons. The minimum Gasteiger partial charge on any atom is -0.465 e. The highest BCUT2D eigenvalue weighted by atomic mass is 35.5. The minimum atomic E-state index is -0.789. The van der Waals surface area contributed by atoms with Crippen LogP contribution in [0.3, 0.4) is 0 Å². The third-order valence-electron chi connectivity index (χ3n) is 5.04. The van der Waals surface area contributed by atoms with Gasteiger partial charge in [0, 0.05) is 30.4 Å². The van der Waals surface area contributed by atoms with E-state index in [9.17, 15) is 14.9 Å². The number of fused-ring (bicyclic) bond motifs is 1. The van der Waals surface area contributed by atoms with Crippen LogP contribution in [0.1, 0.15) is 10.4 Å². The standard InChI is InChI=1S/C21H19ClN4O5/c1-30-21(27)14-11-13(25-7-9-31-10-8-25)12-18(20(14)26(28)29)24-17-5-6-23-16-4-2-3-15(22)19(16)17/h2-6,11-12H,7-10H2,1H3,(H,23,24). The van der Waals surface area contributed by atoms with Gasteiger partial charge in [-0.25, -0.2) is 4.79 Å². The molecule has 0 atom stereocenters. The van der Waals surface area contributed by atoms with E-state index in [2.05, 4.69) is 10.3 Å². The Balaban J connectivity index is 1.89. The molecule has 0 spiro atoms. The van der Waals surface area contributed by atoms with Gasteiger partial charge in [-0.2, -0.15) is 0 Å². The summed E-state index contributed by atoms with van der Waals surface area (Å²) in [7, 11) is 1.19. The lowest BCUT2D eigenvalue weighted by Gasteiger charge is -2.29. The average molecular weight is 443 g/mol. The molecule has 1 saturated heterocycles. The van der Waals surface area contributed by atoms with Gasteiger partial charge in [-0.3, -0.25) is 15.1 Å². The first kappa shape index (κ1) is 20.8. The fourth-order valence-corrected chi connectivity index (χ4v) is 3.86. The lowest BCUT2D eigenvalue weighted by atomic mass is 10.1. The maximum atomic E-state index is 12.4. The van der Waals surface area contributed by atoms with Crippen molar-refractivity contribution in [3.8, 4) is 0 Å². The van der Waals surface area contributed by atoms with E-state index >= 15 is 0 Å². The van der Waals surface area contributed by atoms with Crippen LogP contribution >= 0.6 is 11.6 Å². The number of nitro groups is 1. The second-order valence-corrected chi connectivity index (χ2v) is 7.26. The largest absolute Gasteiger partial charge is 0.465 e. The van der Waals surface area contributed by atoms with Crippen molar-refractivity contribution in [2.75, 3.05) is 43.6 Å². The van der Waals surface area contributed by atoms with Gasteiger partial charge in [-0.1, -0.05) is 17.7 Å². The number of aromatic nitrogens is 1. The van der Waals surface area contributed by atoms with Crippen molar-refractivity contribution in [3.63, 3.8) is 0 Å². The van der Waals surface area contributed by atoms with Crippen molar-refractivity contribution in [2.45, 2.75) is 0 Å². The Morgan fingerprint density at radius 2 is 2.03 bits per heavy atom. The van der Waals surface area contributed by atoms with Gasteiger partial charge in [0.25, 0.3) is 0 Å². The molecule has 0 saturated carbocycles. The van der Waals surface area contributed by atoms with Gasteiger partial charge >= 0.3 is 11.7 Å². The summed E-state index contributed by atoms with van der Waals surface area (Å²) in [6, 6.07) is 10.1. The molecule has 2 heterocycles. The van der Waals surface area contributed by atoms with Gasteiger partial charge in [0.2, 0.25) is 0 Å². The van der Waals surface area contributed by atoms with Crippen molar-refractivity contribution >= 4 is 51.2 Å². The molecule has 0 aliphatic carbocycles. The molecule has 1 aliphatic heterocycles. The zero-order chi connectivity index (χ0) is 22.0. The van der Waals surface area contributed by atoms with E-state index in [1.165, 1.54) is 13.2 Å². The molecule has 0 bridgehead atoms. The van der Waals surface area contributed by atoms with Gasteiger partial charge in [-0.05, 0) is 30.3 Å². The summed E-state index contributed by atoms with van der Waals surface area (Å²) in [4.78, 5) is 30.1. The number of anilines is 3. The van der Waals surface area contributed by atoms with E-state index < -0.39 is 10.9 Å². The number of nitrogens with zero attached hydrogens (tertiary/aromatic N) is 3. The van der Waals surface area contributed by atoms with Crippen LogP contribution in [0.25, 0.3) is 10.9 Å². The van der Waals surface area contributed by atoms with Crippen LogP contribution < -0.4 is 10.2 Å². The SMILES string of the molecule is COC(=O)c1cc(N2CCOCC2)cc(Nc2ccnc3cccc(Cl)c23)c1[N+](=O)[O-]. The van der Waals surface area contributed by atoms with Crippen LogP contribution in [0.15, 0.2) is 42.6 Å². The summed E-state index contributed by atoms with van der Waals surface area (Å²) < 4.78 is 10.2. The number of carbonyl (C=O) groups excluding carboxylic acids is 1. The Kier molecular flexibility index (Phi) is 5.88. The molecular weight excluding hydrogens is 424 g/mol. The predicted octanol–water partition coefficient (Wildman–Crippen LogP) is 4.16. The number of morpholine rings is 1. The fraction of sp³-hybridized carbons (Fsp3) is 0.238. The molecule has 9 nitrogen and oxygen atoms in total. The summed E-state index contributed by atoms with van der Waals surface area (Å²) >= 11 is 6.38. The van der Waals surface area contributed by atoms with E-state index in [1.54, 1.807) is 36.5 Å². The van der Waals surface area contributed by atoms with Crippen molar-refractivity contribution < 1.29 is 19.2 Å². The summed E-state index contributed by atoms with van der Waals surface area (Å²) in [6.07, 6.45) is 1.58. The van der Waals surface area contributed by atoms with Crippen LogP contribution in [0.2, 0.25) is 5.02 Å². The summed E-state index contributed by atoms with van der Waals surface area (Å²) in [5.41, 5.74) is 1.47. The third-order valence-corrected chi connectivity index (χ3v) is 5.36. The molecule has 4 rings (SSSR count). The molecule has 10 heteroatoms. The number of methoxy groups -OCH3 is 1. The van der Waals surface area contributed by atoms with Crippen LogP contribution in [-0.4, -0.2) is 49.3 Å². The third kappa shape index (κ3) is 4.10. The normalized spacial score (nSPS) is 13.8. The average Bonchev–Trinajstić information content (AvgIpc) is 2.78. The molecular formula is C21H19ClN4O5. The van der Waals surface area contributed by atoms with Crippen molar-refractivity contribution in [2.24, 2.45) is 0 Å². The second kappa shape index (κ2) is 8.75. The van der Waals surface area contributed by atoms with Crippen molar-refractivity contribution in [3.05, 3.63) is 63.3 Å². The molecule has 0 radical (unpaired) electrons. The van der Waals surface area contributed by atoms with E-state index in [1.807, 2.05) is 4.90 Å². The number of pyridine rings is 1. The summed E-state index contributed by atoms with van der Waals surface area (Å²) in [5.74, 6) is -0.789. The molecule has 2 aromatic carbocycles. The Morgan fingerprint density at radius 1 is 1.26 bits per heavy atom. The van der Waals surface area contributed by atoms with Crippen LogP contribution in [0.4, 0.5) is 22.7 Å². The van der Waals surface area contributed by atoms with Crippen LogP contribution in [0, 0.1) is 10.1 Å². The number of nitrogens with one attached hydrogen (secondary N) is 1. The number of nitro benzene ring substituents is 1. The monoisotopic (exact) mass is 442 g/mol. The number of carbonyl (C=O) groups is 1. The number of esters is 1. The number of rotatable bonds is 5. The van der Waals surface area contributed by atoms with E-state index in [-0.39, 0.29) is 16.9 Å². The Bertz CT molecular complexity index is 1160. The topological polar surface area (TPSA) is 107 Å². The maximum absolute atomic E-state index is 12.4. The van der Waals surface area contributed by atoms with Gasteiger partial charge in [0.1, 0.15) is 11.3 Å². The Labute approximate surface area is 182 Å². The lowest BCUT2D eigenvalue weighted by Crippen LogP contribution is -2.36. The first-order valence-electron chi connectivity index (χ1n) is 9.53. The molecule has 1 aliphatic rings. The van der Waals surface area contributed by atoms with Crippen molar-refractivity contribution in [1.29, 1.82) is 0 Å². The minimum absolute atomic E-state index is 0.136. The van der Waals surface area contributed by atoms with E-state index in [0.717, 1.165) is 0 Å². The number of ether oxygens (including phenoxy) is 2. The van der Waals surface area contributed by atoms with Gasteiger partial charge in [-0.15, -0.1) is 0 Å². The molecule has 0 unspecified atom stereocenters. The molecule has 1 fully saturated rings. The fourth-order valence-electron chi connectivity index (χ4n) is 3.59. The summed E-state index contributed by atoms with van der Waals surface area (Å²) in [6.45, 7) is 2.25.